The number of sulfonamides is 1. The SMILES string of the molecule is CCN(CC)S(=O)(=O)c1cc(C)c(C)c(NC(=O)/C=C/c2ccc3c(c2)CCO3)c1. The van der Waals surface area contributed by atoms with Gasteiger partial charge in [-0.3, -0.25) is 4.79 Å². The molecule has 1 amide bonds. The van der Waals surface area contributed by atoms with E-state index in [4.69, 9.17) is 4.74 Å². The highest BCUT2D eigenvalue weighted by molar-refractivity contribution is 7.89. The van der Waals surface area contributed by atoms with Crippen LogP contribution in [0.15, 0.2) is 41.3 Å². The van der Waals surface area contributed by atoms with Gasteiger partial charge in [-0.1, -0.05) is 19.9 Å². The Morgan fingerprint density at radius 1 is 1.17 bits per heavy atom. The van der Waals surface area contributed by atoms with E-state index in [9.17, 15) is 13.2 Å². The van der Waals surface area contributed by atoms with Crippen LogP contribution < -0.4 is 10.1 Å². The normalized spacial score (nSPS) is 13.5. The second-order valence-corrected chi connectivity index (χ2v) is 9.23. The molecule has 2 aromatic carbocycles. The summed E-state index contributed by atoms with van der Waals surface area (Å²) in [6.45, 7) is 8.79. The molecule has 0 spiro atoms. The highest BCUT2D eigenvalue weighted by Gasteiger charge is 2.23. The molecule has 0 fully saturated rings. The fraction of sp³-hybridized carbons (Fsp3) is 0.348. The van der Waals surface area contributed by atoms with Crippen molar-refractivity contribution in [1.82, 2.24) is 4.31 Å². The molecule has 0 atom stereocenters. The molecule has 1 aliphatic heterocycles. The smallest absolute Gasteiger partial charge is 0.248 e. The third-order valence-electron chi connectivity index (χ3n) is 5.38. The molecule has 2 aromatic rings. The summed E-state index contributed by atoms with van der Waals surface area (Å²) in [5, 5.41) is 2.83. The van der Waals surface area contributed by atoms with Gasteiger partial charge in [0.2, 0.25) is 15.9 Å². The first kappa shape index (κ1) is 22.1. The van der Waals surface area contributed by atoms with Crippen molar-refractivity contribution in [2.45, 2.75) is 39.0 Å². The molecule has 0 aromatic heterocycles. The molecule has 160 valence electrons. The summed E-state index contributed by atoms with van der Waals surface area (Å²) in [7, 11) is -3.61. The van der Waals surface area contributed by atoms with E-state index in [0.717, 1.165) is 34.4 Å². The Hall–Kier alpha value is -2.64. The number of ether oxygens (including phenoxy) is 1. The van der Waals surface area contributed by atoms with Crippen LogP contribution in [0, 0.1) is 13.8 Å². The van der Waals surface area contributed by atoms with Crippen LogP contribution in [0.25, 0.3) is 6.08 Å². The predicted molar refractivity (Wildman–Crippen MR) is 119 cm³/mol. The van der Waals surface area contributed by atoms with Crippen molar-refractivity contribution in [2.75, 3.05) is 25.0 Å². The minimum Gasteiger partial charge on any atom is -0.493 e. The van der Waals surface area contributed by atoms with Crippen molar-refractivity contribution < 1.29 is 17.9 Å². The minimum atomic E-state index is -3.61. The maximum Gasteiger partial charge on any atom is 0.248 e. The molecule has 1 aliphatic rings. The van der Waals surface area contributed by atoms with Crippen LogP contribution in [0.4, 0.5) is 5.69 Å². The summed E-state index contributed by atoms with van der Waals surface area (Å²) in [6, 6.07) is 9.02. The summed E-state index contributed by atoms with van der Waals surface area (Å²) in [6.07, 6.45) is 4.07. The molecule has 0 saturated carbocycles. The second kappa shape index (κ2) is 9.02. The van der Waals surface area contributed by atoms with Gasteiger partial charge in [0.25, 0.3) is 0 Å². The molecule has 6 nitrogen and oxygen atoms in total. The monoisotopic (exact) mass is 428 g/mol. The quantitative estimate of drug-likeness (QED) is 0.678. The zero-order valence-electron chi connectivity index (χ0n) is 17.9. The average Bonchev–Trinajstić information content (AvgIpc) is 3.18. The molecule has 0 radical (unpaired) electrons. The molecule has 3 rings (SSSR count). The molecule has 0 unspecified atom stereocenters. The molecule has 1 N–H and O–H groups in total. The van der Waals surface area contributed by atoms with Crippen molar-refractivity contribution in [1.29, 1.82) is 0 Å². The minimum absolute atomic E-state index is 0.187. The first-order chi connectivity index (χ1) is 14.3. The first-order valence-electron chi connectivity index (χ1n) is 10.1. The number of hydrogen-bond acceptors (Lipinski definition) is 4. The van der Waals surface area contributed by atoms with Crippen molar-refractivity contribution in [3.8, 4) is 5.75 Å². The number of benzene rings is 2. The predicted octanol–water partition coefficient (Wildman–Crippen LogP) is 3.92. The van der Waals surface area contributed by atoms with Gasteiger partial charge in [0, 0.05) is 31.3 Å². The first-order valence-corrected chi connectivity index (χ1v) is 11.6. The topological polar surface area (TPSA) is 75.7 Å². The van der Waals surface area contributed by atoms with Crippen LogP contribution in [0.2, 0.25) is 0 Å². The van der Waals surface area contributed by atoms with E-state index in [-0.39, 0.29) is 10.8 Å². The van der Waals surface area contributed by atoms with E-state index >= 15 is 0 Å². The Morgan fingerprint density at radius 3 is 2.60 bits per heavy atom. The number of carbonyl (C=O) groups excluding carboxylic acids is 1. The van der Waals surface area contributed by atoms with Crippen LogP contribution in [-0.4, -0.2) is 38.3 Å². The van der Waals surface area contributed by atoms with Crippen LogP contribution >= 0.6 is 0 Å². The standard InChI is InChI=1S/C23H28N2O4S/c1-5-25(6-2)30(27,28)20-13-16(3)17(4)21(15-20)24-23(26)10-8-18-7-9-22-19(14-18)11-12-29-22/h7-10,13-15H,5-6,11-12H2,1-4H3,(H,24,26)/b10-8+. The number of fused-ring (bicyclic) bond motifs is 1. The van der Waals surface area contributed by atoms with E-state index in [2.05, 4.69) is 5.32 Å². The third kappa shape index (κ3) is 4.57. The lowest BCUT2D eigenvalue weighted by Gasteiger charge is -2.20. The lowest BCUT2D eigenvalue weighted by Crippen LogP contribution is -2.30. The van der Waals surface area contributed by atoms with Crippen LogP contribution in [0.1, 0.15) is 36.1 Å². The Labute approximate surface area is 178 Å². The van der Waals surface area contributed by atoms with E-state index in [1.54, 1.807) is 26.0 Å². The third-order valence-corrected chi connectivity index (χ3v) is 7.41. The van der Waals surface area contributed by atoms with E-state index in [1.165, 1.54) is 16.4 Å². The van der Waals surface area contributed by atoms with E-state index in [1.807, 2.05) is 32.0 Å². The van der Waals surface area contributed by atoms with Crippen molar-refractivity contribution in [3.63, 3.8) is 0 Å². The van der Waals surface area contributed by atoms with E-state index < -0.39 is 10.0 Å². The molecule has 30 heavy (non-hydrogen) atoms. The van der Waals surface area contributed by atoms with Crippen LogP contribution in [-0.2, 0) is 21.2 Å². The van der Waals surface area contributed by atoms with Crippen molar-refractivity contribution in [2.24, 2.45) is 0 Å². The zero-order valence-corrected chi connectivity index (χ0v) is 18.7. The van der Waals surface area contributed by atoms with Crippen LogP contribution in [0.3, 0.4) is 0 Å². The van der Waals surface area contributed by atoms with Gasteiger partial charge in [-0.25, -0.2) is 8.42 Å². The highest BCUT2D eigenvalue weighted by Crippen LogP contribution is 2.27. The number of nitrogens with one attached hydrogen (secondary N) is 1. The van der Waals surface area contributed by atoms with Gasteiger partial charge in [0.05, 0.1) is 11.5 Å². The summed E-state index contributed by atoms with van der Waals surface area (Å²) in [4.78, 5) is 12.7. The molecule has 7 heteroatoms. The second-order valence-electron chi connectivity index (χ2n) is 7.29. The average molecular weight is 429 g/mol. The largest absolute Gasteiger partial charge is 0.493 e. The van der Waals surface area contributed by atoms with Gasteiger partial charge < -0.3 is 10.1 Å². The maximum absolute atomic E-state index is 12.9. The fourth-order valence-corrected chi connectivity index (χ4v) is 5.04. The number of aryl methyl sites for hydroxylation is 1. The van der Waals surface area contributed by atoms with Gasteiger partial charge >= 0.3 is 0 Å². The molecule has 0 saturated heterocycles. The number of carbonyl (C=O) groups is 1. The van der Waals surface area contributed by atoms with Crippen molar-refractivity contribution in [3.05, 3.63) is 58.7 Å². The number of nitrogens with zero attached hydrogens (tertiary/aromatic N) is 1. The van der Waals surface area contributed by atoms with Gasteiger partial charge in [-0.2, -0.15) is 4.31 Å². The number of rotatable bonds is 7. The summed E-state index contributed by atoms with van der Waals surface area (Å²) in [5.41, 5.74) is 4.20. The lowest BCUT2D eigenvalue weighted by molar-refractivity contribution is -0.111. The number of anilines is 1. The number of hydrogen-bond donors (Lipinski definition) is 1. The maximum atomic E-state index is 12.9. The Kier molecular flexibility index (Phi) is 6.63. The molecule has 0 bridgehead atoms. The van der Waals surface area contributed by atoms with Gasteiger partial charge in [0.15, 0.2) is 0 Å². The molecular weight excluding hydrogens is 400 g/mol. The zero-order chi connectivity index (χ0) is 21.9. The molecule has 0 aliphatic carbocycles. The summed E-state index contributed by atoms with van der Waals surface area (Å²) in [5.74, 6) is 0.584. The van der Waals surface area contributed by atoms with Gasteiger partial charge in [0.1, 0.15) is 5.75 Å². The Bertz CT molecular complexity index is 1090. The van der Waals surface area contributed by atoms with Crippen molar-refractivity contribution >= 4 is 27.7 Å². The highest BCUT2D eigenvalue weighted by atomic mass is 32.2. The van der Waals surface area contributed by atoms with Gasteiger partial charge in [-0.05, 0) is 66.4 Å². The fourth-order valence-electron chi connectivity index (χ4n) is 3.47. The summed E-state index contributed by atoms with van der Waals surface area (Å²) < 4.78 is 32.7. The summed E-state index contributed by atoms with van der Waals surface area (Å²) >= 11 is 0. The number of amides is 1. The Balaban J connectivity index is 1.82. The molecular formula is C23H28N2O4S. The van der Waals surface area contributed by atoms with Gasteiger partial charge in [-0.15, -0.1) is 0 Å². The Morgan fingerprint density at radius 2 is 1.90 bits per heavy atom. The molecule has 1 heterocycles. The van der Waals surface area contributed by atoms with Crippen LogP contribution in [0.5, 0.6) is 5.75 Å². The van der Waals surface area contributed by atoms with E-state index in [0.29, 0.717) is 25.4 Å². The lowest BCUT2D eigenvalue weighted by atomic mass is 10.1.